The van der Waals surface area contributed by atoms with Crippen LogP contribution in [-0.2, 0) is 18.2 Å². The maximum Gasteiger partial charge on any atom is 0.225 e. The molecule has 1 aliphatic heterocycles. The van der Waals surface area contributed by atoms with Crippen molar-refractivity contribution in [2.45, 2.75) is 25.0 Å². The molecule has 3 rings (SSSR count). The van der Waals surface area contributed by atoms with Crippen molar-refractivity contribution in [3.8, 4) is 0 Å². The quantitative estimate of drug-likeness (QED) is 0.847. The third kappa shape index (κ3) is 2.87. The number of aryl methyl sites for hydroxylation is 1. The highest BCUT2D eigenvalue weighted by Crippen LogP contribution is 2.27. The lowest BCUT2D eigenvalue weighted by molar-refractivity contribution is 0.0952. The Balaban J connectivity index is 1.83. The molecule has 0 saturated carbocycles. The van der Waals surface area contributed by atoms with Crippen molar-refractivity contribution in [2.75, 3.05) is 18.6 Å². The SMILES string of the molecule is CO[C@@H]1CCN(c2ncc(F)cn2)[C@H]1Cc1cnn(C)c1. The second-order valence-electron chi connectivity index (χ2n) is 5.25. The summed E-state index contributed by atoms with van der Waals surface area (Å²) in [5, 5.41) is 4.20. The van der Waals surface area contributed by atoms with E-state index in [1.54, 1.807) is 11.8 Å². The minimum atomic E-state index is -0.426. The Bertz CT molecular complexity index is 600. The summed E-state index contributed by atoms with van der Waals surface area (Å²) in [6.45, 7) is 0.801. The summed E-state index contributed by atoms with van der Waals surface area (Å²) in [7, 11) is 3.61. The highest BCUT2D eigenvalue weighted by atomic mass is 19.1. The van der Waals surface area contributed by atoms with Gasteiger partial charge in [-0.15, -0.1) is 0 Å². The van der Waals surface area contributed by atoms with Crippen LogP contribution in [0, 0.1) is 5.82 Å². The molecular formula is C14H18FN5O. The van der Waals surface area contributed by atoms with Crippen LogP contribution in [0.2, 0.25) is 0 Å². The number of aromatic nitrogens is 4. The molecule has 2 atom stereocenters. The Morgan fingerprint density at radius 2 is 2.10 bits per heavy atom. The predicted octanol–water partition coefficient (Wildman–Crippen LogP) is 1.19. The summed E-state index contributed by atoms with van der Waals surface area (Å²) in [6.07, 6.45) is 8.06. The number of anilines is 1. The van der Waals surface area contributed by atoms with Gasteiger partial charge in [-0.25, -0.2) is 14.4 Å². The summed E-state index contributed by atoms with van der Waals surface area (Å²) >= 11 is 0. The molecule has 0 radical (unpaired) electrons. The highest BCUT2D eigenvalue weighted by molar-refractivity contribution is 5.35. The zero-order valence-electron chi connectivity index (χ0n) is 12.1. The Labute approximate surface area is 122 Å². The van der Waals surface area contributed by atoms with Gasteiger partial charge in [0.05, 0.1) is 30.7 Å². The fourth-order valence-corrected chi connectivity index (χ4v) is 2.86. The van der Waals surface area contributed by atoms with Crippen molar-refractivity contribution in [1.82, 2.24) is 19.7 Å². The Morgan fingerprint density at radius 1 is 1.33 bits per heavy atom. The first kappa shape index (κ1) is 13.9. The van der Waals surface area contributed by atoms with Crippen molar-refractivity contribution in [1.29, 1.82) is 0 Å². The average molecular weight is 291 g/mol. The molecule has 0 bridgehead atoms. The molecule has 0 aromatic carbocycles. The van der Waals surface area contributed by atoms with Crippen LogP contribution in [0.1, 0.15) is 12.0 Å². The van der Waals surface area contributed by atoms with E-state index < -0.39 is 5.82 Å². The molecule has 21 heavy (non-hydrogen) atoms. The maximum absolute atomic E-state index is 13.0. The Hall–Kier alpha value is -2.02. The Morgan fingerprint density at radius 3 is 2.71 bits per heavy atom. The van der Waals surface area contributed by atoms with Gasteiger partial charge in [-0.05, 0) is 18.4 Å². The predicted molar refractivity (Wildman–Crippen MR) is 75.5 cm³/mol. The molecule has 6 nitrogen and oxygen atoms in total. The molecule has 2 aromatic heterocycles. The molecule has 1 aliphatic rings. The zero-order valence-corrected chi connectivity index (χ0v) is 12.1. The molecule has 0 aliphatic carbocycles. The van der Waals surface area contributed by atoms with Crippen LogP contribution < -0.4 is 4.90 Å². The summed E-state index contributed by atoms with van der Waals surface area (Å²) < 4.78 is 20.3. The third-order valence-electron chi connectivity index (χ3n) is 3.85. The van der Waals surface area contributed by atoms with Crippen molar-refractivity contribution >= 4 is 5.95 Å². The van der Waals surface area contributed by atoms with Crippen LogP contribution in [0.15, 0.2) is 24.8 Å². The van der Waals surface area contributed by atoms with E-state index in [9.17, 15) is 4.39 Å². The third-order valence-corrected chi connectivity index (χ3v) is 3.85. The molecule has 2 aromatic rings. The normalized spacial score (nSPS) is 22.0. The maximum atomic E-state index is 13.0. The molecule has 1 fully saturated rings. The molecule has 3 heterocycles. The lowest BCUT2D eigenvalue weighted by Gasteiger charge is -2.27. The van der Waals surface area contributed by atoms with E-state index in [1.165, 1.54) is 12.4 Å². The fraction of sp³-hybridized carbons (Fsp3) is 0.500. The molecule has 0 amide bonds. The van der Waals surface area contributed by atoms with Crippen LogP contribution in [0.4, 0.5) is 10.3 Å². The van der Waals surface area contributed by atoms with Gasteiger partial charge in [-0.3, -0.25) is 4.68 Å². The lowest BCUT2D eigenvalue weighted by Crippen LogP contribution is -2.38. The van der Waals surface area contributed by atoms with Gasteiger partial charge in [0.1, 0.15) is 0 Å². The van der Waals surface area contributed by atoms with Crippen molar-refractivity contribution in [3.63, 3.8) is 0 Å². The van der Waals surface area contributed by atoms with Gasteiger partial charge < -0.3 is 9.64 Å². The zero-order chi connectivity index (χ0) is 14.8. The fourth-order valence-electron chi connectivity index (χ4n) is 2.86. The van der Waals surface area contributed by atoms with E-state index >= 15 is 0 Å². The van der Waals surface area contributed by atoms with Gasteiger partial charge in [-0.2, -0.15) is 5.10 Å². The van der Waals surface area contributed by atoms with Gasteiger partial charge >= 0.3 is 0 Å². The van der Waals surface area contributed by atoms with Gasteiger partial charge in [-0.1, -0.05) is 0 Å². The molecule has 0 spiro atoms. The van der Waals surface area contributed by atoms with Crippen molar-refractivity contribution in [3.05, 3.63) is 36.2 Å². The van der Waals surface area contributed by atoms with E-state index in [0.29, 0.717) is 5.95 Å². The van der Waals surface area contributed by atoms with E-state index in [-0.39, 0.29) is 12.1 Å². The number of halogens is 1. The van der Waals surface area contributed by atoms with Crippen molar-refractivity contribution < 1.29 is 9.13 Å². The summed E-state index contributed by atoms with van der Waals surface area (Å²) in [4.78, 5) is 10.3. The first-order valence-electron chi connectivity index (χ1n) is 6.92. The Kier molecular flexibility index (Phi) is 3.83. The van der Waals surface area contributed by atoms with E-state index in [4.69, 9.17) is 4.74 Å². The number of rotatable bonds is 4. The summed E-state index contributed by atoms with van der Waals surface area (Å²) in [6, 6.07) is 0.129. The second-order valence-corrected chi connectivity index (χ2v) is 5.25. The molecule has 1 saturated heterocycles. The summed E-state index contributed by atoms with van der Waals surface area (Å²) in [5.74, 6) is 0.120. The van der Waals surface area contributed by atoms with Gasteiger partial charge in [0.15, 0.2) is 5.82 Å². The summed E-state index contributed by atoms with van der Waals surface area (Å²) in [5.41, 5.74) is 1.14. The second kappa shape index (κ2) is 5.77. The van der Waals surface area contributed by atoms with Gasteiger partial charge in [0.2, 0.25) is 5.95 Å². The minimum absolute atomic E-state index is 0.110. The number of hydrogen-bond acceptors (Lipinski definition) is 5. The molecule has 0 N–H and O–H groups in total. The molecule has 7 heteroatoms. The highest BCUT2D eigenvalue weighted by Gasteiger charge is 2.36. The topological polar surface area (TPSA) is 56.1 Å². The average Bonchev–Trinajstić information content (AvgIpc) is 3.07. The number of methoxy groups -OCH3 is 1. The van der Waals surface area contributed by atoms with Crippen LogP contribution >= 0.6 is 0 Å². The standard InChI is InChI=1S/C14H18FN5O/c1-19-9-10(6-18-19)5-12-13(21-2)3-4-20(12)14-16-7-11(15)8-17-14/h6-9,12-13H,3-5H2,1-2H3/t12-,13+/m0/s1. The number of nitrogens with zero attached hydrogens (tertiary/aromatic N) is 5. The van der Waals surface area contributed by atoms with E-state index in [0.717, 1.165) is 24.9 Å². The van der Waals surface area contributed by atoms with Gasteiger partial charge in [0, 0.05) is 26.9 Å². The first-order chi connectivity index (χ1) is 10.2. The minimum Gasteiger partial charge on any atom is -0.379 e. The van der Waals surface area contributed by atoms with Crippen molar-refractivity contribution in [2.24, 2.45) is 7.05 Å². The smallest absolute Gasteiger partial charge is 0.225 e. The van der Waals surface area contributed by atoms with Crippen LogP contribution in [0.25, 0.3) is 0 Å². The molecular weight excluding hydrogens is 273 g/mol. The van der Waals surface area contributed by atoms with E-state index in [2.05, 4.69) is 20.0 Å². The van der Waals surface area contributed by atoms with Crippen LogP contribution in [0.3, 0.4) is 0 Å². The molecule has 0 unspecified atom stereocenters. The molecule has 112 valence electrons. The van der Waals surface area contributed by atoms with Gasteiger partial charge in [0.25, 0.3) is 0 Å². The first-order valence-corrected chi connectivity index (χ1v) is 6.92. The lowest BCUT2D eigenvalue weighted by atomic mass is 10.0. The van der Waals surface area contributed by atoms with E-state index in [1.807, 2.05) is 19.4 Å². The van der Waals surface area contributed by atoms with Crippen LogP contribution in [0.5, 0.6) is 0 Å². The van der Waals surface area contributed by atoms with Crippen LogP contribution in [-0.4, -0.2) is 45.5 Å². The number of ether oxygens (including phenoxy) is 1. The largest absolute Gasteiger partial charge is 0.379 e. The number of hydrogen-bond donors (Lipinski definition) is 0. The monoisotopic (exact) mass is 291 g/mol.